The summed E-state index contributed by atoms with van der Waals surface area (Å²) < 4.78 is 5.62. The average Bonchev–Trinajstić information content (AvgIpc) is 2.35. The molecule has 1 aromatic rings. The fourth-order valence-electron chi connectivity index (χ4n) is 1.61. The van der Waals surface area contributed by atoms with Gasteiger partial charge in [-0.25, -0.2) is 4.98 Å². The lowest BCUT2D eigenvalue weighted by Crippen LogP contribution is -2.28. The molecule has 0 bridgehead atoms. The number of pyridine rings is 1. The second kappa shape index (κ2) is 7.25. The number of nitrogens with two attached hydrogens (primary N) is 1. The van der Waals surface area contributed by atoms with Gasteiger partial charge >= 0.3 is 0 Å². The minimum Gasteiger partial charge on any atom is -0.476 e. The Labute approximate surface area is 104 Å². The molecule has 0 spiro atoms. The van der Waals surface area contributed by atoms with E-state index in [-0.39, 0.29) is 6.04 Å². The number of likely N-dealkylation sites (N-methyl/N-ethyl adjacent to an activating group) is 1. The number of rotatable bonds is 7. The molecule has 17 heavy (non-hydrogen) atoms. The van der Waals surface area contributed by atoms with Crippen LogP contribution < -0.4 is 10.5 Å². The van der Waals surface area contributed by atoms with Crippen LogP contribution in [0.5, 0.6) is 5.88 Å². The van der Waals surface area contributed by atoms with E-state index in [4.69, 9.17) is 10.5 Å². The molecule has 0 aliphatic carbocycles. The normalized spacial score (nSPS) is 12.8. The fraction of sp³-hybridized carbons (Fsp3) is 0.615. The van der Waals surface area contributed by atoms with Crippen molar-refractivity contribution in [3.8, 4) is 5.88 Å². The number of hydrogen-bond donors (Lipinski definition) is 1. The van der Waals surface area contributed by atoms with E-state index in [0.717, 1.165) is 25.2 Å². The first kappa shape index (κ1) is 13.9. The molecule has 0 fully saturated rings. The zero-order valence-corrected chi connectivity index (χ0v) is 11.0. The Balaban J connectivity index is 2.43. The van der Waals surface area contributed by atoms with Gasteiger partial charge in [0.05, 0.1) is 0 Å². The first-order valence-electron chi connectivity index (χ1n) is 6.24. The van der Waals surface area contributed by atoms with Crippen LogP contribution >= 0.6 is 0 Å². The molecule has 1 heterocycles. The molecule has 1 aromatic heterocycles. The van der Waals surface area contributed by atoms with Gasteiger partial charge in [0.1, 0.15) is 6.61 Å². The van der Waals surface area contributed by atoms with Crippen molar-refractivity contribution in [2.24, 2.45) is 5.73 Å². The van der Waals surface area contributed by atoms with E-state index in [9.17, 15) is 0 Å². The fourth-order valence-corrected chi connectivity index (χ4v) is 1.61. The Morgan fingerprint density at radius 1 is 1.41 bits per heavy atom. The van der Waals surface area contributed by atoms with Crippen LogP contribution in [-0.4, -0.2) is 36.1 Å². The Kier molecular flexibility index (Phi) is 5.94. The van der Waals surface area contributed by atoms with Gasteiger partial charge in [0, 0.05) is 24.8 Å². The van der Waals surface area contributed by atoms with Gasteiger partial charge in [0.2, 0.25) is 5.88 Å². The Hall–Kier alpha value is -1.13. The molecule has 0 aliphatic rings. The van der Waals surface area contributed by atoms with Crippen LogP contribution in [0.2, 0.25) is 0 Å². The highest BCUT2D eigenvalue weighted by Crippen LogP contribution is 2.14. The largest absolute Gasteiger partial charge is 0.476 e. The van der Waals surface area contributed by atoms with Crippen molar-refractivity contribution < 1.29 is 4.74 Å². The minimum atomic E-state index is 0.0168. The quantitative estimate of drug-likeness (QED) is 0.786. The summed E-state index contributed by atoms with van der Waals surface area (Å²) in [5.41, 5.74) is 6.86. The van der Waals surface area contributed by atoms with Crippen LogP contribution in [0.3, 0.4) is 0 Å². The average molecular weight is 237 g/mol. The van der Waals surface area contributed by atoms with Crippen LogP contribution in [0.1, 0.15) is 32.4 Å². The number of aromatic nitrogens is 1. The molecular formula is C13H23N3O. The summed E-state index contributed by atoms with van der Waals surface area (Å²) >= 11 is 0. The van der Waals surface area contributed by atoms with Crippen molar-refractivity contribution in [1.29, 1.82) is 0 Å². The first-order chi connectivity index (χ1) is 8.17. The van der Waals surface area contributed by atoms with Gasteiger partial charge in [-0.05, 0) is 31.6 Å². The SMILES string of the molecule is CCN(CC)CCOc1cc(C(C)N)ccn1. The van der Waals surface area contributed by atoms with Crippen molar-refractivity contribution in [3.63, 3.8) is 0 Å². The first-order valence-corrected chi connectivity index (χ1v) is 6.24. The molecule has 1 unspecified atom stereocenters. The Morgan fingerprint density at radius 3 is 2.71 bits per heavy atom. The molecule has 0 radical (unpaired) electrons. The third-order valence-corrected chi connectivity index (χ3v) is 2.84. The highest BCUT2D eigenvalue weighted by atomic mass is 16.5. The van der Waals surface area contributed by atoms with Crippen LogP contribution in [0.4, 0.5) is 0 Å². The van der Waals surface area contributed by atoms with Gasteiger partial charge in [-0.1, -0.05) is 13.8 Å². The molecule has 0 aromatic carbocycles. The van der Waals surface area contributed by atoms with E-state index in [1.165, 1.54) is 0 Å². The van der Waals surface area contributed by atoms with Crippen LogP contribution in [0.25, 0.3) is 0 Å². The maximum Gasteiger partial charge on any atom is 0.213 e. The lowest BCUT2D eigenvalue weighted by Gasteiger charge is -2.17. The molecule has 1 atom stereocenters. The summed E-state index contributed by atoms with van der Waals surface area (Å²) in [6.45, 7) is 9.94. The molecular weight excluding hydrogens is 214 g/mol. The molecule has 1 rings (SSSR count). The highest BCUT2D eigenvalue weighted by Gasteiger charge is 2.03. The molecule has 4 nitrogen and oxygen atoms in total. The van der Waals surface area contributed by atoms with E-state index in [2.05, 4.69) is 23.7 Å². The topological polar surface area (TPSA) is 51.4 Å². The Morgan fingerprint density at radius 2 is 2.12 bits per heavy atom. The smallest absolute Gasteiger partial charge is 0.213 e. The van der Waals surface area contributed by atoms with Crippen LogP contribution in [0, 0.1) is 0 Å². The van der Waals surface area contributed by atoms with Gasteiger partial charge < -0.3 is 15.4 Å². The minimum absolute atomic E-state index is 0.0168. The molecule has 0 amide bonds. The number of nitrogens with zero attached hydrogens (tertiary/aromatic N) is 2. The summed E-state index contributed by atoms with van der Waals surface area (Å²) in [7, 11) is 0. The Bertz CT molecular complexity index is 324. The van der Waals surface area contributed by atoms with Crippen LogP contribution in [-0.2, 0) is 0 Å². The summed E-state index contributed by atoms with van der Waals surface area (Å²) in [6.07, 6.45) is 1.74. The summed E-state index contributed by atoms with van der Waals surface area (Å²) in [5.74, 6) is 0.659. The van der Waals surface area contributed by atoms with Crippen molar-refractivity contribution in [2.45, 2.75) is 26.8 Å². The molecule has 4 heteroatoms. The maximum absolute atomic E-state index is 5.81. The zero-order chi connectivity index (χ0) is 12.7. The predicted octanol–water partition coefficient (Wildman–Crippen LogP) is 1.82. The predicted molar refractivity (Wildman–Crippen MR) is 70.1 cm³/mol. The summed E-state index contributed by atoms with van der Waals surface area (Å²) in [4.78, 5) is 6.49. The van der Waals surface area contributed by atoms with E-state index in [1.807, 2.05) is 19.1 Å². The zero-order valence-electron chi connectivity index (χ0n) is 11.0. The maximum atomic E-state index is 5.81. The third kappa shape index (κ3) is 4.71. The van der Waals surface area contributed by atoms with Gasteiger partial charge in [-0.3, -0.25) is 0 Å². The van der Waals surface area contributed by atoms with E-state index < -0.39 is 0 Å². The molecule has 0 aliphatic heterocycles. The van der Waals surface area contributed by atoms with Gasteiger partial charge in [0.15, 0.2) is 0 Å². The summed E-state index contributed by atoms with van der Waals surface area (Å²) in [5, 5.41) is 0. The number of ether oxygens (including phenoxy) is 1. The standard InChI is InChI=1S/C13H23N3O/c1-4-16(5-2)8-9-17-13-10-12(11(3)14)6-7-15-13/h6-7,10-11H,4-5,8-9,14H2,1-3H3. The lowest BCUT2D eigenvalue weighted by atomic mass is 10.1. The number of hydrogen-bond acceptors (Lipinski definition) is 4. The van der Waals surface area contributed by atoms with Crippen molar-refractivity contribution in [1.82, 2.24) is 9.88 Å². The van der Waals surface area contributed by atoms with Crippen molar-refractivity contribution in [2.75, 3.05) is 26.2 Å². The van der Waals surface area contributed by atoms with E-state index in [1.54, 1.807) is 6.20 Å². The molecule has 96 valence electrons. The van der Waals surface area contributed by atoms with Crippen molar-refractivity contribution >= 4 is 0 Å². The second-order valence-corrected chi connectivity index (χ2v) is 4.09. The molecule has 2 N–H and O–H groups in total. The molecule has 0 saturated carbocycles. The lowest BCUT2D eigenvalue weighted by molar-refractivity contribution is 0.218. The molecule has 0 saturated heterocycles. The van der Waals surface area contributed by atoms with E-state index >= 15 is 0 Å². The van der Waals surface area contributed by atoms with Crippen LogP contribution in [0.15, 0.2) is 18.3 Å². The van der Waals surface area contributed by atoms with Gasteiger partial charge in [-0.2, -0.15) is 0 Å². The summed E-state index contributed by atoms with van der Waals surface area (Å²) in [6, 6.07) is 3.84. The van der Waals surface area contributed by atoms with E-state index in [0.29, 0.717) is 12.5 Å². The van der Waals surface area contributed by atoms with Gasteiger partial charge in [0.25, 0.3) is 0 Å². The van der Waals surface area contributed by atoms with Crippen molar-refractivity contribution in [3.05, 3.63) is 23.9 Å². The third-order valence-electron chi connectivity index (χ3n) is 2.84. The second-order valence-electron chi connectivity index (χ2n) is 4.09. The highest BCUT2D eigenvalue weighted by molar-refractivity contribution is 5.22. The van der Waals surface area contributed by atoms with Gasteiger partial charge in [-0.15, -0.1) is 0 Å². The monoisotopic (exact) mass is 237 g/mol.